The van der Waals surface area contributed by atoms with Crippen LogP contribution in [0.25, 0.3) is 0 Å². The minimum atomic E-state index is -0.234. The monoisotopic (exact) mass is 250 g/mol. The third kappa shape index (κ3) is 3.28. The van der Waals surface area contributed by atoms with Crippen LogP contribution in [0.15, 0.2) is 35.0 Å². The van der Waals surface area contributed by atoms with Crippen LogP contribution >= 0.6 is 11.3 Å². The maximum Gasteiger partial charge on any atom is 0.129 e. The molecule has 17 heavy (non-hydrogen) atoms. The van der Waals surface area contributed by atoms with Gasteiger partial charge < -0.3 is 5.73 Å². The molecule has 2 N–H and O–H groups in total. The molecule has 0 fully saturated rings. The zero-order valence-corrected chi connectivity index (χ0v) is 10.5. The molecule has 0 spiro atoms. The zero-order valence-electron chi connectivity index (χ0n) is 9.69. The van der Waals surface area contributed by atoms with Crippen LogP contribution in [0.3, 0.4) is 0 Å². The normalized spacial score (nSPS) is 11.0. The van der Waals surface area contributed by atoms with E-state index in [2.05, 4.69) is 16.3 Å². The standard InChI is InChI=1S/C13H15FN2S/c1-16(7-10-4-5-17-9-10)8-11-2-3-12(15)6-13(11)14/h2-6,9H,7-8,15H2,1H3. The van der Waals surface area contributed by atoms with Gasteiger partial charge in [-0.3, -0.25) is 4.90 Å². The molecule has 0 atom stereocenters. The molecule has 0 aliphatic carbocycles. The molecular weight excluding hydrogens is 235 g/mol. The lowest BCUT2D eigenvalue weighted by Gasteiger charge is -2.16. The quantitative estimate of drug-likeness (QED) is 0.845. The fourth-order valence-corrected chi connectivity index (χ4v) is 2.39. The Hall–Kier alpha value is -1.39. The van der Waals surface area contributed by atoms with Gasteiger partial charge in [-0.05, 0) is 41.6 Å². The second-order valence-electron chi connectivity index (χ2n) is 4.15. The number of nitrogens with two attached hydrogens (primary N) is 1. The Morgan fingerprint density at radius 3 is 2.76 bits per heavy atom. The largest absolute Gasteiger partial charge is 0.399 e. The molecule has 1 aromatic carbocycles. The molecule has 0 saturated carbocycles. The number of benzene rings is 1. The van der Waals surface area contributed by atoms with Crippen molar-refractivity contribution in [1.82, 2.24) is 4.90 Å². The third-order valence-corrected chi connectivity index (χ3v) is 3.28. The predicted molar refractivity (Wildman–Crippen MR) is 70.3 cm³/mol. The molecule has 0 bridgehead atoms. The van der Waals surface area contributed by atoms with Gasteiger partial charge in [-0.15, -0.1) is 0 Å². The molecule has 2 rings (SSSR count). The topological polar surface area (TPSA) is 29.3 Å². The van der Waals surface area contributed by atoms with E-state index in [-0.39, 0.29) is 5.82 Å². The van der Waals surface area contributed by atoms with Crippen LogP contribution in [-0.2, 0) is 13.1 Å². The van der Waals surface area contributed by atoms with E-state index >= 15 is 0 Å². The molecule has 1 heterocycles. The summed E-state index contributed by atoms with van der Waals surface area (Å²) in [7, 11) is 1.98. The molecule has 0 aliphatic heterocycles. The third-order valence-electron chi connectivity index (χ3n) is 2.55. The van der Waals surface area contributed by atoms with Gasteiger partial charge in [-0.25, -0.2) is 4.39 Å². The zero-order chi connectivity index (χ0) is 12.3. The van der Waals surface area contributed by atoms with Crippen molar-refractivity contribution in [3.8, 4) is 0 Å². The first-order valence-corrected chi connectivity index (χ1v) is 6.33. The molecule has 0 unspecified atom stereocenters. The summed E-state index contributed by atoms with van der Waals surface area (Å²) in [5.41, 5.74) is 7.92. The number of rotatable bonds is 4. The maximum absolute atomic E-state index is 13.6. The summed E-state index contributed by atoms with van der Waals surface area (Å²) >= 11 is 1.68. The lowest BCUT2D eigenvalue weighted by atomic mass is 10.2. The molecule has 0 saturated heterocycles. The van der Waals surface area contributed by atoms with Gasteiger partial charge >= 0.3 is 0 Å². The number of nitrogens with zero attached hydrogens (tertiary/aromatic N) is 1. The minimum absolute atomic E-state index is 0.234. The highest BCUT2D eigenvalue weighted by Crippen LogP contribution is 2.15. The van der Waals surface area contributed by atoms with Crippen molar-refractivity contribution < 1.29 is 4.39 Å². The summed E-state index contributed by atoms with van der Waals surface area (Å²) < 4.78 is 13.6. The van der Waals surface area contributed by atoms with Crippen molar-refractivity contribution in [2.45, 2.75) is 13.1 Å². The van der Waals surface area contributed by atoms with Crippen LogP contribution in [0.2, 0.25) is 0 Å². The highest BCUT2D eigenvalue weighted by atomic mass is 32.1. The Balaban J connectivity index is 2.00. The van der Waals surface area contributed by atoms with Crippen molar-refractivity contribution in [1.29, 1.82) is 0 Å². The van der Waals surface area contributed by atoms with Gasteiger partial charge in [0.15, 0.2) is 0 Å². The molecule has 90 valence electrons. The van der Waals surface area contributed by atoms with Gasteiger partial charge in [0.2, 0.25) is 0 Å². The molecule has 0 amide bonds. The summed E-state index contributed by atoms with van der Waals surface area (Å²) in [5.74, 6) is -0.234. The van der Waals surface area contributed by atoms with E-state index in [1.807, 2.05) is 12.4 Å². The summed E-state index contributed by atoms with van der Waals surface area (Å²) in [4.78, 5) is 2.08. The maximum atomic E-state index is 13.6. The van der Waals surface area contributed by atoms with E-state index in [1.54, 1.807) is 23.5 Å². The Kier molecular flexibility index (Phi) is 3.76. The smallest absolute Gasteiger partial charge is 0.129 e. The van der Waals surface area contributed by atoms with Crippen LogP contribution in [0.4, 0.5) is 10.1 Å². The van der Waals surface area contributed by atoms with Crippen LogP contribution in [-0.4, -0.2) is 11.9 Å². The molecule has 4 heteroatoms. The fraction of sp³-hybridized carbons (Fsp3) is 0.231. The Morgan fingerprint density at radius 2 is 2.12 bits per heavy atom. The SMILES string of the molecule is CN(Cc1ccsc1)Cc1ccc(N)cc1F. The van der Waals surface area contributed by atoms with Gasteiger partial charge in [0.1, 0.15) is 5.82 Å². The molecule has 1 aromatic heterocycles. The Labute approximate surface area is 104 Å². The van der Waals surface area contributed by atoms with E-state index in [1.165, 1.54) is 11.6 Å². The number of hydrogen-bond acceptors (Lipinski definition) is 3. The van der Waals surface area contributed by atoms with Crippen molar-refractivity contribution in [2.24, 2.45) is 0 Å². The first-order valence-electron chi connectivity index (χ1n) is 5.38. The number of halogens is 1. The minimum Gasteiger partial charge on any atom is -0.399 e. The average Bonchev–Trinajstić information content (AvgIpc) is 2.75. The van der Waals surface area contributed by atoms with E-state index in [0.717, 1.165) is 6.54 Å². The number of anilines is 1. The first-order chi connectivity index (χ1) is 8.15. The first kappa shape index (κ1) is 12.1. The van der Waals surface area contributed by atoms with Crippen LogP contribution in [0, 0.1) is 5.82 Å². The molecule has 0 radical (unpaired) electrons. The summed E-state index contributed by atoms with van der Waals surface area (Å²) in [6, 6.07) is 6.93. The second-order valence-corrected chi connectivity index (χ2v) is 4.93. The van der Waals surface area contributed by atoms with E-state index in [9.17, 15) is 4.39 Å². The summed E-state index contributed by atoms with van der Waals surface area (Å²) in [6.07, 6.45) is 0. The van der Waals surface area contributed by atoms with E-state index in [0.29, 0.717) is 17.8 Å². The second kappa shape index (κ2) is 5.29. The lowest BCUT2D eigenvalue weighted by molar-refractivity contribution is 0.314. The average molecular weight is 250 g/mol. The van der Waals surface area contributed by atoms with E-state index in [4.69, 9.17) is 5.73 Å². The fourth-order valence-electron chi connectivity index (χ4n) is 1.73. The van der Waals surface area contributed by atoms with Gasteiger partial charge in [0.05, 0.1) is 0 Å². The van der Waals surface area contributed by atoms with Crippen molar-refractivity contribution >= 4 is 17.0 Å². The van der Waals surface area contributed by atoms with Crippen molar-refractivity contribution in [2.75, 3.05) is 12.8 Å². The number of thiophene rings is 1. The molecule has 2 nitrogen and oxygen atoms in total. The number of nitrogen functional groups attached to an aromatic ring is 1. The highest BCUT2D eigenvalue weighted by Gasteiger charge is 2.06. The van der Waals surface area contributed by atoms with Crippen molar-refractivity contribution in [3.63, 3.8) is 0 Å². The van der Waals surface area contributed by atoms with E-state index < -0.39 is 0 Å². The molecular formula is C13H15FN2S. The van der Waals surface area contributed by atoms with Crippen LogP contribution in [0.1, 0.15) is 11.1 Å². The van der Waals surface area contributed by atoms with Crippen LogP contribution < -0.4 is 5.73 Å². The van der Waals surface area contributed by atoms with Gasteiger partial charge in [-0.1, -0.05) is 6.07 Å². The van der Waals surface area contributed by atoms with Crippen LogP contribution in [0.5, 0.6) is 0 Å². The predicted octanol–water partition coefficient (Wildman–Crippen LogP) is 3.10. The number of hydrogen-bond donors (Lipinski definition) is 1. The Morgan fingerprint density at radius 1 is 1.29 bits per heavy atom. The van der Waals surface area contributed by atoms with Crippen molar-refractivity contribution in [3.05, 3.63) is 52.0 Å². The highest BCUT2D eigenvalue weighted by molar-refractivity contribution is 7.07. The summed E-state index contributed by atoms with van der Waals surface area (Å²) in [5, 5.41) is 4.16. The molecule has 0 aliphatic rings. The Bertz CT molecular complexity index is 482. The summed E-state index contributed by atoms with van der Waals surface area (Å²) in [6.45, 7) is 1.41. The molecule has 2 aromatic rings. The van der Waals surface area contributed by atoms with Gasteiger partial charge in [0.25, 0.3) is 0 Å². The van der Waals surface area contributed by atoms with Gasteiger partial charge in [-0.2, -0.15) is 11.3 Å². The van der Waals surface area contributed by atoms with Gasteiger partial charge in [0, 0.05) is 24.3 Å². The lowest BCUT2D eigenvalue weighted by Crippen LogP contribution is -2.17.